The van der Waals surface area contributed by atoms with Crippen LogP contribution in [0.5, 0.6) is 0 Å². The summed E-state index contributed by atoms with van der Waals surface area (Å²) in [5.41, 5.74) is 1.27. The summed E-state index contributed by atoms with van der Waals surface area (Å²) < 4.78 is 0. The van der Waals surface area contributed by atoms with Crippen molar-refractivity contribution in [1.29, 1.82) is 5.26 Å². The first kappa shape index (κ1) is 9.94. The number of rotatable bonds is 2. The van der Waals surface area contributed by atoms with E-state index in [1.165, 1.54) is 0 Å². The first-order chi connectivity index (χ1) is 7.29. The van der Waals surface area contributed by atoms with Gasteiger partial charge < -0.3 is 10.4 Å². The summed E-state index contributed by atoms with van der Waals surface area (Å²) in [6, 6.07) is 5.58. The fourth-order valence-corrected chi connectivity index (χ4v) is 1.87. The first-order valence-corrected chi connectivity index (χ1v) is 5.10. The molecule has 0 amide bonds. The van der Waals surface area contributed by atoms with E-state index in [4.69, 9.17) is 5.26 Å². The highest BCUT2D eigenvalue weighted by Crippen LogP contribution is 2.22. The van der Waals surface area contributed by atoms with Crippen LogP contribution < -0.4 is 5.32 Å². The Morgan fingerprint density at radius 2 is 2.33 bits per heavy atom. The average molecular weight is 203 g/mol. The molecule has 0 bridgehead atoms. The van der Waals surface area contributed by atoms with Gasteiger partial charge in [-0.15, -0.1) is 0 Å². The lowest BCUT2D eigenvalue weighted by atomic mass is 10.2. The van der Waals surface area contributed by atoms with Crippen molar-refractivity contribution in [1.82, 2.24) is 4.98 Å². The molecule has 2 unspecified atom stereocenters. The van der Waals surface area contributed by atoms with Crippen LogP contribution in [0.1, 0.15) is 25.0 Å². The van der Waals surface area contributed by atoms with Crippen LogP contribution in [0.25, 0.3) is 0 Å². The van der Waals surface area contributed by atoms with Crippen LogP contribution >= 0.6 is 0 Å². The molecule has 0 aromatic carbocycles. The number of hydrogen-bond donors (Lipinski definition) is 2. The summed E-state index contributed by atoms with van der Waals surface area (Å²) in [5, 5.41) is 21.4. The van der Waals surface area contributed by atoms with Gasteiger partial charge in [0.05, 0.1) is 24.0 Å². The zero-order chi connectivity index (χ0) is 10.7. The molecule has 2 atom stereocenters. The van der Waals surface area contributed by atoms with E-state index in [-0.39, 0.29) is 12.1 Å². The van der Waals surface area contributed by atoms with Crippen molar-refractivity contribution in [3.8, 4) is 6.07 Å². The molecule has 0 radical (unpaired) electrons. The minimum Gasteiger partial charge on any atom is -0.391 e. The molecule has 1 aliphatic rings. The smallest absolute Gasteiger partial charge is 0.140 e. The van der Waals surface area contributed by atoms with Gasteiger partial charge >= 0.3 is 0 Å². The summed E-state index contributed by atoms with van der Waals surface area (Å²) in [5.74, 6) is 0. The molecule has 1 aromatic rings. The van der Waals surface area contributed by atoms with Gasteiger partial charge in [0.1, 0.15) is 11.8 Å². The minimum atomic E-state index is -0.263. The number of aromatic nitrogens is 1. The van der Waals surface area contributed by atoms with Crippen molar-refractivity contribution in [2.45, 2.75) is 31.4 Å². The maximum absolute atomic E-state index is 9.62. The van der Waals surface area contributed by atoms with E-state index in [2.05, 4.69) is 10.3 Å². The van der Waals surface area contributed by atoms with Crippen molar-refractivity contribution in [2.24, 2.45) is 0 Å². The maximum atomic E-state index is 9.62. The van der Waals surface area contributed by atoms with E-state index < -0.39 is 0 Å². The SMILES string of the molecule is N#Cc1ccc(NC2CCCC2O)cn1. The Hall–Kier alpha value is -1.60. The zero-order valence-corrected chi connectivity index (χ0v) is 8.35. The van der Waals surface area contributed by atoms with E-state index in [0.29, 0.717) is 5.69 Å². The second-order valence-corrected chi connectivity index (χ2v) is 3.79. The van der Waals surface area contributed by atoms with Crippen LogP contribution in [0.2, 0.25) is 0 Å². The van der Waals surface area contributed by atoms with Crippen molar-refractivity contribution in [2.75, 3.05) is 5.32 Å². The standard InChI is InChI=1S/C11H13N3O/c12-6-8-4-5-9(7-13-8)14-10-2-1-3-11(10)15/h4-5,7,10-11,14-15H,1-3H2. The number of pyridine rings is 1. The van der Waals surface area contributed by atoms with E-state index >= 15 is 0 Å². The number of aliphatic hydroxyl groups excluding tert-OH is 1. The molecule has 1 aliphatic carbocycles. The van der Waals surface area contributed by atoms with Crippen LogP contribution in [-0.4, -0.2) is 22.2 Å². The van der Waals surface area contributed by atoms with Crippen molar-refractivity contribution >= 4 is 5.69 Å². The molecule has 0 spiro atoms. The third kappa shape index (κ3) is 2.25. The Morgan fingerprint density at radius 1 is 1.47 bits per heavy atom. The Balaban J connectivity index is 2.02. The Bertz CT molecular complexity index is 368. The van der Waals surface area contributed by atoms with Gasteiger partial charge in [-0.25, -0.2) is 4.98 Å². The average Bonchev–Trinajstić information content (AvgIpc) is 2.66. The summed E-state index contributed by atoms with van der Waals surface area (Å²) in [4.78, 5) is 3.96. The van der Waals surface area contributed by atoms with Gasteiger partial charge in [-0.05, 0) is 31.4 Å². The van der Waals surface area contributed by atoms with Crippen LogP contribution in [0.15, 0.2) is 18.3 Å². The number of nitrogens with one attached hydrogen (secondary N) is 1. The molecule has 2 N–H and O–H groups in total. The second-order valence-electron chi connectivity index (χ2n) is 3.79. The monoisotopic (exact) mass is 203 g/mol. The van der Waals surface area contributed by atoms with Crippen molar-refractivity contribution in [3.05, 3.63) is 24.0 Å². The zero-order valence-electron chi connectivity index (χ0n) is 8.35. The maximum Gasteiger partial charge on any atom is 0.140 e. The summed E-state index contributed by atoms with van der Waals surface area (Å²) in [6.07, 6.45) is 4.27. The van der Waals surface area contributed by atoms with Gasteiger partial charge in [0.2, 0.25) is 0 Å². The van der Waals surface area contributed by atoms with Gasteiger partial charge in [-0.1, -0.05) is 0 Å². The molecule has 0 saturated heterocycles. The number of nitrogens with zero attached hydrogens (tertiary/aromatic N) is 2. The fraction of sp³-hybridized carbons (Fsp3) is 0.455. The molecule has 0 aliphatic heterocycles. The number of anilines is 1. The second kappa shape index (κ2) is 4.28. The molecule has 2 rings (SSSR count). The van der Waals surface area contributed by atoms with Gasteiger partial charge in [-0.3, -0.25) is 0 Å². The van der Waals surface area contributed by atoms with E-state index in [1.54, 1.807) is 12.3 Å². The predicted octanol–water partition coefficient (Wildman–Crippen LogP) is 1.28. The van der Waals surface area contributed by atoms with E-state index in [0.717, 1.165) is 24.9 Å². The highest BCUT2D eigenvalue weighted by molar-refractivity contribution is 5.44. The molecule has 1 aromatic heterocycles. The molecular formula is C11H13N3O. The third-order valence-electron chi connectivity index (χ3n) is 2.71. The lowest BCUT2D eigenvalue weighted by Crippen LogP contribution is -2.27. The van der Waals surface area contributed by atoms with Gasteiger partial charge in [0, 0.05) is 0 Å². The van der Waals surface area contributed by atoms with Crippen LogP contribution in [0.4, 0.5) is 5.69 Å². The van der Waals surface area contributed by atoms with Crippen LogP contribution in [0.3, 0.4) is 0 Å². The molecule has 4 nitrogen and oxygen atoms in total. The third-order valence-corrected chi connectivity index (χ3v) is 2.71. The molecule has 1 saturated carbocycles. The highest BCUT2D eigenvalue weighted by Gasteiger charge is 2.24. The molecular weight excluding hydrogens is 190 g/mol. The Labute approximate surface area is 88.6 Å². The largest absolute Gasteiger partial charge is 0.391 e. The van der Waals surface area contributed by atoms with Gasteiger partial charge in [-0.2, -0.15) is 5.26 Å². The van der Waals surface area contributed by atoms with Crippen LogP contribution in [0, 0.1) is 11.3 Å². The Morgan fingerprint density at radius 3 is 2.87 bits per heavy atom. The molecule has 78 valence electrons. The number of hydrogen-bond acceptors (Lipinski definition) is 4. The lowest BCUT2D eigenvalue weighted by Gasteiger charge is -2.17. The topological polar surface area (TPSA) is 68.9 Å². The molecule has 1 heterocycles. The highest BCUT2D eigenvalue weighted by atomic mass is 16.3. The van der Waals surface area contributed by atoms with Gasteiger partial charge in [0.15, 0.2) is 0 Å². The molecule has 4 heteroatoms. The summed E-state index contributed by atoms with van der Waals surface area (Å²) in [6.45, 7) is 0. The van der Waals surface area contributed by atoms with Crippen LogP contribution in [-0.2, 0) is 0 Å². The lowest BCUT2D eigenvalue weighted by molar-refractivity contribution is 0.172. The first-order valence-electron chi connectivity index (χ1n) is 5.10. The van der Waals surface area contributed by atoms with E-state index in [1.807, 2.05) is 12.1 Å². The Kier molecular flexibility index (Phi) is 2.84. The molecule has 15 heavy (non-hydrogen) atoms. The summed E-state index contributed by atoms with van der Waals surface area (Å²) in [7, 11) is 0. The number of aliphatic hydroxyl groups is 1. The minimum absolute atomic E-state index is 0.125. The number of nitriles is 1. The van der Waals surface area contributed by atoms with Gasteiger partial charge in [0.25, 0.3) is 0 Å². The van der Waals surface area contributed by atoms with E-state index in [9.17, 15) is 5.11 Å². The summed E-state index contributed by atoms with van der Waals surface area (Å²) >= 11 is 0. The van der Waals surface area contributed by atoms with Crippen molar-refractivity contribution in [3.63, 3.8) is 0 Å². The molecule has 1 fully saturated rings. The normalized spacial score (nSPS) is 24.8. The van der Waals surface area contributed by atoms with Crippen molar-refractivity contribution < 1.29 is 5.11 Å². The quantitative estimate of drug-likeness (QED) is 0.759. The predicted molar refractivity (Wildman–Crippen MR) is 56.2 cm³/mol. The fourth-order valence-electron chi connectivity index (χ4n) is 1.87.